The van der Waals surface area contributed by atoms with Crippen LogP contribution in [-0.4, -0.2) is 14.3 Å². The van der Waals surface area contributed by atoms with E-state index >= 15 is 0 Å². The Hall–Kier alpha value is -3.26. The number of anilines is 2. The Morgan fingerprint density at radius 2 is 1.44 bits per heavy atom. The molecule has 5 nitrogen and oxygen atoms in total. The molecule has 8 heteroatoms. The van der Waals surface area contributed by atoms with E-state index in [9.17, 15) is 22.0 Å². The third-order valence-corrected chi connectivity index (χ3v) is 5.00. The Kier molecular flexibility index (Phi) is 5.18. The summed E-state index contributed by atoms with van der Waals surface area (Å²) in [6.45, 7) is 0. The molecule has 3 aromatic rings. The van der Waals surface area contributed by atoms with Gasteiger partial charge in [0.15, 0.2) is 0 Å². The summed E-state index contributed by atoms with van der Waals surface area (Å²) < 4.78 is 53.1. The van der Waals surface area contributed by atoms with Crippen LogP contribution in [0.1, 0.15) is 10.4 Å². The van der Waals surface area contributed by atoms with Gasteiger partial charge in [0, 0.05) is 16.9 Å². The zero-order valence-electron chi connectivity index (χ0n) is 13.8. The van der Waals surface area contributed by atoms with Crippen molar-refractivity contribution in [1.29, 1.82) is 0 Å². The van der Waals surface area contributed by atoms with Crippen LogP contribution in [0.2, 0.25) is 0 Å². The number of carbonyl (C=O) groups excluding carboxylic acids is 1. The third-order valence-electron chi connectivity index (χ3n) is 3.61. The van der Waals surface area contributed by atoms with E-state index in [0.29, 0.717) is 0 Å². The van der Waals surface area contributed by atoms with E-state index in [-0.39, 0.29) is 21.8 Å². The molecule has 0 aliphatic carbocycles. The van der Waals surface area contributed by atoms with E-state index in [0.717, 1.165) is 12.1 Å². The summed E-state index contributed by atoms with van der Waals surface area (Å²) in [7, 11) is -3.89. The Balaban J connectivity index is 1.73. The smallest absolute Gasteiger partial charge is 0.261 e. The summed E-state index contributed by atoms with van der Waals surface area (Å²) in [6.07, 6.45) is 0. The second-order valence-corrected chi connectivity index (χ2v) is 7.28. The van der Waals surface area contributed by atoms with Crippen molar-refractivity contribution in [2.24, 2.45) is 0 Å². The van der Waals surface area contributed by atoms with Crippen molar-refractivity contribution in [2.75, 3.05) is 10.0 Å². The highest BCUT2D eigenvalue weighted by Gasteiger charge is 2.15. The predicted molar refractivity (Wildman–Crippen MR) is 98.0 cm³/mol. The number of sulfonamides is 1. The first-order chi connectivity index (χ1) is 12.8. The van der Waals surface area contributed by atoms with Crippen molar-refractivity contribution < 1.29 is 22.0 Å². The highest BCUT2D eigenvalue weighted by molar-refractivity contribution is 7.92. The van der Waals surface area contributed by atoms with Crippen LogP contribution >= 0.6 is 0 Å². The maximum absolute atomic E-state index is 13.2. The van der Waals surface area contributed by atoms with Gasteiger partial charge in [-0.25, -0.2) is 17.2 Å². The second kappa shape index (κ2) is 7.55. The Bertz CT molecular complexity index is 1070. The molecule has 0 aliphatic heterocycles. The van der Waals surface area contributed by atoms with Gasteiger partial charge in [0.2, 0.25) is 0 Å². The summed E-state index contributed by atoms with van der Waals surface area (Å²) in [4.78, 5) is 12.1. The zero-order valence-corrected chi connectivity index (χ0v) is 14.6. The number of halogens is 2. The molecule has 0 fully saturated rings. The van der Waals surface area contributed by atoms with E-state index in [1.54, 1.807) is 0 Å². The van der Waals surface area contributed by atoms with Crippen molar-refractivity contribution in [3.63, 3.8) is 0 Å². The van der Waals surface area contributed by atoms with Gasteiger partial charge in [-0.15, -0.1) is 0 Å². The number of rotatable bonds is 5. The molecule has 0 unspecified atom stereocenters. The maximum atomic E-state index is 13.2. The van der Waals surface area contributed by atoms with Crippen molar-refractivity contribution >= 4 is 27.3 Å². The minimum absolute atomic E-state index is 0.0610. The average Bonchev–Trinajstić information content (AvgIpc) is 2.63. The highest BCUT2D eigenvalue weighted by atomic mass is 32.2. The molecule has 138 valence electrons. The van der Waals surface area contributed by atoms with E-state index in [1.165, 1.54) is 60.7 Å². The lowest BCUT2D eigenvalue weighted by atomic mass is 10.2. The molecule has 3 aromatic carbocycles. The van der Waals surface area contributed by atoms with Gasteiger partial charge in [0.05, 0.1) is 4.90 Å². The molecule has 2 N–H and O–H groups in total. The van der Waals surface area contributed by atoms with Gasteiger partial charge in [-0.05, 0) is 66.7 Å². The molecule has 0 radical (unpaired) electrons. The lowest BCUT2D eigenvalue weighted by Crippen LogP contribution is -2.15. The standard InChI is InChI=1S/C19H14F2N2O3S/c20-14-6-8-16(9-7-14)23-27(25,26)18-10-4-13(5-11-18)19(24)22-17-3-1-2-15(21)12-17/h1-12,23H,(H,22,24). The van der Waals surface area contributed by atoms with Gasteiger partial charge < -0.3 is 5.32 Å². The molecule has 0 aliphatic rings. The topological polar surface area (TPSA) is 75.3 Å². The summed E-state index contributed by atoms with van der Waals surface area (Å²) in [5.41, 5.74) is 0.707. The molecule has 1 amide bonds. The first kappa shape index (κ1) is 18.5. The summed E-state index contributed by atoms with van der Waals surface area (Å²) in [5, 5.41) is 2.52. The normalized spacial score (nSPS) is 11.0. The Labute approximate surface area is 154 Å². The third kappa shape index (κ3) is 4.68. The van der Waals surface area contributed by atoms with E-state index in [4.69, 9.17) is 0 Å². The minimum Gasteiger partial charge on any atom is -0.322 e. The van der Waals surface area contributed by atoms with Crippen LogP contribution in [0.3, 0.4) is 0 Å². The van der Waals surface area contributed by atoms with Gasteiger partial charge in [0.25, 0.3) is 15.9 Å². The molecular formula is C19H14F2N2O3S. The van der Waals surface area contributed by atoms with Gasteiger partial charge in [-0.1, -0.05) is 6.07 Å². The first-order valence-electron chi connectivity index (χ1n) is 7.79. The Morgan fingerprint density at radius 1 is 0.778 bits per heavy atom. The molecule has 0 aromatic heterocycles. The Morgan fingerprint density at radius 3 is 2.07 bits per heavy atom. The summed E-state index contributed by atoms with van der Waals surface area (Å²) in [5.74, 6) is -1.47. The maximum Gasteiger partial charge on any atom is 0.261 e. The number of benzene rings is 3. The van der Waals surface area contributed by atoms with E-state index in [1.807, 2.05) is 0 Å². The van der Waals surface area contributed by atoms with Gasteiger partial charge in [-0.2, -0.15) is 0 Å². The molecular weight excluding hydrogens is 374 g/mol. The van der Waals surface area contributed by atoms with Crippen LogP contribution in [0, 0.1) is 11.6 Å². The van der Waals surface area contributed by atoms with Crippen LogP contribution < -0.4 is 10.0 Å². The molecule has 0 bridgehead atoms. The van der Waals surface area contributed by atoms with Gasteiger partial charge in [0.1, 0.15) is 11.6 Å². The SMILES string of the molecule is O=C(Nc1cccc(F)c1)c1ccc(S(=O)(=O)Nc2ccc(F)cc2)cc1. The molecule has 0 saturated carbocycles. The van der Waals surface area contributed by atoms with Crippen molar-refractivity contribution in [1.82, 2.24) is 0 Å². The predicted octanol–water partition coefficient (Wildman–Crippen LogP) is 4.02. The lowest BCUT2D eigenvalue weighted by molar-refractivity contribution is 0.102. The quantitative estimate of drug-likeness (QED) is 0.693. The van der Waals surface area contributed by atoms with Gasteiger partial charge in [-0.3, -0.25) is 9.52 Å². The van der Waals surface area contributed by atoms with E-state index < -0.39 is 27.6 Å². The van der Waals surface area contributed by atoms with Crippen LogP contribution in [-0.2, 0) is 10.0 Å². The van der Waals surface area contributed by atoms with E-state index in [2.05, 4.69) is 10.0 Å². The summed E-state index contributed by atoms with van der Waals surface area (Å²) in [6, 6.07) is 15.5. The van der Waals surface area contributed by atoms with Crippen LogP contribution in [0.5, 0.6) is 0 Å². The number of carbonyl (C=O) groups is 1. The monoisotopic (exact) mass is 388 g/mol. The number of hydrogen-bond acceptors (Lipinski definition) is 3. The molecule has 0 heterocycles. The van der Waals surface area contributed by atoms with Crippen molar-refractivity contribution in [3.05, 3.63) is 90.0 Å². The lowest BCUT2D eigenvalue weighted by Gasteiger charge is -2.09. The zero-order chi connectivity index (χ0) is 19.4. The molecule has 0 spiro atoms. The summed E-state index contributed by atoms with van der Waals surface area (Å²) >= 11 is 0. The van der Waals surface area contributed by atoms with Crippen LogP contribution in [0.4, 0.5) is 20.2 Å². The largest absolute Gasteiger partial charge is 0.322 e. The fourth-order valence-electron chi connectivity index (χ4n) is 2.29. The molecule has 27 heavy (non-hydrogen) atoms. The molecule has 0 atom stereocenters. The molecule has 3 rings (SSSR count). The first-order valence-corrected chi connectivity index (χ1v) is 9.27. The number of hydrogen-bond donors (Lipinski definition) is 2. The van der Waals surface area contributed by atoms with Crippen molar-refractivity contribution in [2.45, 2.75) is 4.90 Å². The fraction of sp³-hybridized carbons (Fsp3) is 0. The minimum atomic E-state index is -3.89. The molecule has 0 saturated heterocycles. The van der Waals surface area contributed by atoms with Crippen molar-refractivity contribution in [3.8, 4) is 0 Å². The second-order valence-electron chi connectivity index (χ2n) is 5.60. The average molecular weight is 388 g/mol. The fourth-order valence-corrected chi connectivity index (χ4v) is 3.35. The van der Waals surface area contributed by atoms with Crippen LogP contribution in [0.25, 0.3) is 0 Å². The van der Waals surface area contributed by atoms with Gasteiger partial charge >= 0.3 is 0 Å². The highest BCUT2D eigenvalue weighted by Crippen LogP contribution is 2.18. The number of nitrogens with one attached hydrogen (secondary N) is 2. The van der Waals surface area contributed by atoms with Crippen LogP contribution in [0.15, 0.2) is 77.7 Å². The number of amides is 1.